The molecule has 87 heavy (non-hydrogen) atoms. The number of thioether (sulfide) groups is 2. The van der Waals surface area contributed by atoms with Crippen molar-refractivity contribution in [3.63, 3.8) is 0 Å². The summed E-state index contributed by atoms with van der Waals surface area (Å²) in [5, 5.41) is 33.4. The number of nitrogens with zero attached hydrogens (tertiary/aromatic N) is 2. The summed E-state index contributed by atoms with van der Waals surface area (Å²) in [6.07, 6.45) is 15.9. The van der Waals surface area contributed by atoms with Gasteiger partial charge in [-0.05, 0) is 170 Å². The van der Waals surface area contributed by atoms with Crippen LogP contribution in [0.2, 0.25) is 10.0 Å². The van der Waals surface area contributed by atoms with E-state index in [0.717, 1.165) is 129 Å². The average molecular weight is 1920 g/mol. The molecule has 8 nitrogen and oxygen atoms in total. The van der Waals surface area contributed by atoms with Gasteiger partial charge in [0.1, 0.15) is 0 Å². The van der Waals surface area contributed by atoms with Crippen molar-refractivity contribution in [2.75, 3.05) is 11.5 Å². The monoisotopic (exact) mass is 1920 g/mol. The van der Waals surface area contributed by atoms with Crippen molar-refractivity contribution in [2.45, 2.75) is 101 Å². The Morgan fingerprint density at radius 2 is 1.01 bits per heavy atom. The van der Waals surface area contributed by atoms with Crippen LogP contribution in [0.4, 0.5) is 0 Å². The van der Waals surface area contributed by atoms with Crippen molar-refractivity contribution in [2.24, 2.45) is 10.8 Å². The van der Waals surface area contributed by atoms with E-state index in [4.69, 9.17) is 33.2 Å². The average Bonchev–Trinajstić information content (AvgIpc) is 2.45. The van der Waals surface area contributed by atoms with Gasteiger partial charge in [-0.2, -0.15) is 23.5 Å². The van der Waals surface area contributed by atoms with Crippen molar-refractivity contribution in [1.29, 1.82) is 0 Å². The van der Waals surface area contributed by atoms with Crippen molar-refractivity contribution >= 4 is 209 Å². The number of ketones is 1. The summed E-state index contributed by atoms with van der Waals surface area (Å²) < 4.78 is 0. The number of Topliss-reactive ketones (excluding diaryl/α,β-unsaturated/α-hetero) is 1. The van der Waals surface area contributed by atoms with Crippen LogP contribution in [0.1, 0.15) is 143 Å². The van der Waals surface area contributed by atoms with Gasteiger partial charge in [0.25, 0.3) is 0 Å². The zero-order valence-corrected chi connectivity index (χ0v) is 64.6. The number of aryl methyl sites for hydroxylation is 2. The maximum absolute atomic E-state index is 12.2. The number of carbonyl (C=O) groups is 3. The van der Waals surface area contributed by atoms with Crippen LogP contribution in [0, 0.1) is 10.8 Å². The summed E-state index contributed by atoms with van der Waals surface area (Å²) in [4.78, 5) is 44.6. The van der Waals surface area contributed by atoms with Gasteiger partial charge < -0.3 is 15.3 Å². The second kappa shape index (κ2) is 36.3. The predicted molar refractivity (Wildman–Crippen MR) is 409 cm³/mol. The molecule has 10 rings (SSSR count). The maximum atomic E-state index is 12.2. The quantitative estimate of drug-likeness (QED) is 0.0396. The molecule has 0 radical (unpaired) electrons. The van der Waals surface area contributed by atoms with Gasteiger partial charge in [0, 0.05) is 85.6 Å². The van der Waals surface area contributed by atoms with Gasteiger partial charge in [-0.25, -0.2) is 9.97 Å². The number of rotatable bonds is 24. The second-order valence-electron chi connectivity index (χ2n) is 22.5. The summed E-state index contributed by atoms with van der Waals surface area (Å²) in [6.45, 7) is 5.27. The Hall–Kier alpha value is -2.15. The molecule has 2 saturated carbocycles. The molecular formula is C69H69Cl2I6N2O6S2-. The Balaban J connectivity index is 0.000000256. The summed E-state index contributed by atoms with van der Waals surface area (Å²) in [6, 6.07) is 52.6. The van der Waals surface area contributed by atoms with E-state index in [0.29, 0.717) is 23.3 Å². The molecule has 8 aromatic rings. The van der Waals surface area contributed by atoms with Crippen LogP contribution >= 0.6 is 145 Å². The van der Waals surface area contributed by atoms with E-state index in [1.54, 1.807) is 6.92 Å². The topological polar surface area (TPSA) is 138 Å². The van der Waals surface area contributed by atoms with Crippen LogP contribution in [0.15, 0.2) is 158 Å². The van der Waals surface area contributed by atoms with E-state index in [9.17, 15) is 29.7 Å². The fourth-order valence-electron chi connectivity index (χ4n) is 10.5. The van der Waals surface area contributed by atoms with Crippen LogP contribution in [-0.4, -0.2) is 54.5 Å². The van der Waals surface area contributed by atoms with Gasteiger partial charge in [-0.15, -0.1) is 24.0 Å². The van der Waals surface area contributed by atoms with Crippen molar-refractivity contribution in [3.05, 3.63) is 224 Å². The van der Waals surface area contributed by atoms with Crippen LogP contribution in [-0.2, 0) is 28.0 Å². The molecule has 0 amide bonds. The van der Waals surface area contributed by atoms with Gasteiger partial charge in [0.2, 0.25) is 0 Å². The third-order valence-electron chi connectivity index (χ3n) is 15.4. The zero-order chi connectivity index (χ0) is 61.9. The first-order valence-electron chi connectivity index (χ1n) is 28.1. The van der Waals surface area contributed by atoms with E-state index in [-0.39, 0.29) is 63.9 Å². The first-order valence-corrected chi connectivity index (χ1v) is 49.8. The molecule has 18 heteroatoms. The molecule has 0 saturated heterocycles. The molecule has 2 atom stereocenters. The Morgan fingerprint density at radius 3 is 1.44 bits per heavy atom. The van der Waals surface area contributed by atoms with Crippen LogP contribution in [0.3, 0.4) is 0 Å². The third-order valence-corrected chi connectivity index (χ3v) is 19.2. The second-order valence-corrected chi connectivity index (χ2v) is 42.0. The molecule has 2 aliphatic rings. The fraction of sp³-hybridized carbons (Fsp3) is 0.290. The van der Waals surface area contributed by atoms with Gasteiger partial charge in [-0.3, -0.25) is 14.4 Å². The first-order chi connectivity index (χ1) is 41.3. The molecule has 0 spiro atoms. The number of fused-ring (bicyclic) bond motifs is 2. The minimum absolute atomic E-state index is 0. The van der Waals surface area contributed by atoms with E-state index >= 15 is 0 Å². The summed E-state index contributed by atoms with van der Waals surface area (Å²) >= 11 is 25.6. The SMILES string of the molecule is CC(=O)c1ccccc1CC[C@@H](SCC1(CC(=O)O)CC1)c1cccc(/C=C/c2ccc3ccc(Cl)cc3n2)c1.CC(C)(O)c1ccccc1CC[C@@H](SCC1(CC(=O)O)CC1)c1cccc(/C=C/c2ccc3ccc(Cl)cc3n2)c1.I.II.I[I-]I. The van der Waals surface area contributed by atoms with E-state index in [1.807, 2.05) is 147 Å². The van der Waals surface area contributed by atoms with Crippen LogP contribution in [0.25, 0.3) is 46.1 Å². The molecule has 0 aliphatic heterocycles. The molecule has 460 valence electrons. The number of carboxylic acids is 2. The van der Waals surface area contributed by atoms with Crippen LogP contribution in [0.5, 0.6) is 0 Å². The number of aliphatic carboxylic acids is 2. The summed E-state index contributed by atoms with van der Waals surface area (Å²) in [5.41, 5.74) is 10.9. The first kappa shape index (κ1) is 73.9. The number of carbonyl (C=O) groups excluding carboxylic acids is 1. The van der Waals surface area contributed by atoms with E-state index in [2.05, 4.69) is 147 Å². The molecule has 6 aromatic carbocycles. The molecule has 3 N–H and O–H groups in total. The number of carboxylic acid groups (broad SMARTS) is 2. The Kier molecular flexibility index (Phi) is 30.9. The number of benzene rings is 6. The van der Waals surface area contributed by atoms with Gasteiger partial charge >= 0.3 is 62.4 Å². The molecule has 2 aliphatic carbocycles. The third kappa shape index (κ3) is 23.7. The molecule has 2 aromatic heterocycles. The molecule has 2 fully saturated rings. The van der Waals surface area contributed by atoms with Crippen molar-refractivity contribution in [3.8, 4) is 0 Å². The number of halogens is 8. The normalized spacial score (nSPS) is 14.4. The van der Waals surface area contributed by atoms with Gasteiger partial charge in [-0.1, -0.05) is 157 Å². The van der Waals surface area contributed by atoms with E-state index in [1.165, 1.54) is 11.1 Å². The van der Waals surface area contributed by atoms with Gasteiger partial charge in [0.05, 0.1) is 40.9 Å². The molecule has 0 bridgehead atoms. The number of hydrogen-bond acceptors (Lipinski definition) is 8. The Morgan fingerprint density at radius 1 is 0.598 bits per heavy atom. The van der Waals surface area contributed by atoms with Gasteiger partial charge in [0.15, 0.2) is 5.78 Å². The van der Waals surface area contributed by atoms with Crippen LogP contribution < -0.4 is 13.3 Å². The number of aliphatic hydroxyl groups is 1. The Labute approximate surface area is 600 Å². The number of pyridine rings is 2. The number of aromatic nitrogens is 2. The van der Waals surface area contributed by atoms with Crippen molar-refractivity contribution in [1.82, 2.24) is 9.97 Å². The fourth-order valence-corrected chi connectivity index (χ4v) is 13.9. The summed E-state index contributed by atoms with van der Waals surface area (Å²) in [5.74, 6) is 0.301. The van der Waals surface area contributed by atoms with Crippen molar-refractivity contribution < 1.29 is 43.0 Å². The standard InChI is InChI=1S/C35H36ClNO3S.C34H32ClNO3S.I3.I2.HI/c1-34(2,40)30-9-4-3-7-25(30)13-17-32(41-23-35(18-19-35)22-33(38)39)27-8-5-6-24(20-27)10-15-29-16-12-26-11-14-28(36)21-31(26)37-29;1-23(37)30-8-3-2-6-25(30)12-16-32(40-22-34(17-18-34)21-33(38)39)27-7-4-5-24(19-27)9-14-29-15-11-26-10-13-28(35)20-31(26)36-29;1-3-2;1-2;/h3-12,14-16,20-21,32,40H,13,17-19,22-23H2,1-2H3,(H,38,39);2-11,13-15,19-20,32H,12,16-18,21-22H2,1H3,(H,38,39);;;1H/q;;-1;;/b15-10+;14-9+;;;/t2*32-;;;/m11.../s1. The summed E-state index contributed by atoms with van der Waals surface area (Å²) in [7, 11) is 0. The molecule has 2 heterocycles. The molecular weight excluding hydrogens is 1850 g/mol. The number of hydrogen-bond donors (Lipinski definition) is 3. The van der Waals surface area contributed by atoms with E-state index < -0.39 is 17.5 Å². The predicted octanol–water partition coefficient (Wildman–Crippen LogP) is 19.0. The Bertz CT molecular complexity index is 3670. The molecule has 0 unspecified atom stereocenters. The zero-order valence-electron chi connectivity index (χ0n) is 48.3. The minimum atomic E-state index is -0.911.